The summed E-state index contributed by atoms with van der Waals surface area (Å²) in [6.45, 7) is 0. The molecule has 3 rings (SSSR count). The Morgan fingerprint density at radius 2 is 1.94 bits per heavy atom. The van der Waals surface area contributed by atoms with Gasteiger partial charge in [0.15, 0.2) is 22.7 Å². The zero-order chi connectivity index (χ0) is 12.7. The zero-order valence-electron chi connectivity index (χ0n) is 9.06. The van der Waals surface area contributed by atoms with Crippen molar-refractivity contribution in [1.82, 2.24) is 0 Å². The Hall–Kier alpha value is -1.78. The fourth-order valence-corrected chi connectivity index (χ4v) is 1.95. The first kappa shape index (κ1) is 11.3. The lowest BCUT2D eigenvalue weighted by Gasteiger charge is -2.02. The summed E-state index contributed by atoms with van der Waals surface area (Å²) in [6.07, 6.45) is -1.11. The first-order chi connectivity index (χ1) is 8.65. The monoisotopic (exact) mass is 266 g/mol. The van der Waals surface area contributed by atoms with Crippen LogP contribution < -0.4 is 0 Å². The summed E-state index contributed by atoms with van der Waals surface area (Å²) in [6, 6.07) is 9.20. The second-order valence-corrected chi connectivity index (χ2v) is 4.22. The molecule has 1 atom stereocenters. The highest BCUT2D eigenvalue weighted by molar-refractivity contribution is 6.28. The molecule has 0 aliphatic rings. The van der Waals surface area contributed by atoms with E-state index >= 15 is 0 Å². The number of para-hydroxylation sites is 1. The molecule has 0 fully saturated rings. The van der Waals surface area contributed by atoms with Gasteiger partial charge in [0.2, 0.25) is 0 Å². The van der Waals surface area contributed by atoms with Crippen molar-refractivity contribution in [1.29, 1.82) is 0 Å². The average molecular weight is 267 g/mol. The van der Waals surface area contributed by atoms with Crippen LogP contribution in [0.4, 0.5) is 4.39 Å². The Balaban J connectivity index is 2.06. The van der Waals surface area contributed by atoms with E-state index in [4.69, 9.17) is 20.4 Å². The number of hydrogen-bond acceptors (Lipinski definition) is 3. The minimum atomic E-state index is -1.11. The summed E-state index contributed by atoms with van der Waals surface area (Å²) in [5.74, 6) is -0.0102. The van der Waals surface area contributed by atoms with E-state index in [9.17, 15) is 9.50 Å². The summed E-state index contributed by atoms with van der Waals surface area (Å²) in [4.78, 5) is 0. The highest BCUT2D eigenvalue weighted by Crippen LogP contribution is 2.30. The number of rotatable bonds is 2. The smallest absolute Gasteiger partial charge is 0.193 e. The van der Waals surface area contributed by atoms with E-state index in [1.54, 1.807) is 18.2 Å². The summed E-state index contributed by atoms with van der Waals surface area (Å²) >= 11 is 5.63. The second kappa shape index (κ2) is 4.15. The molecule has 0 bridgehead atoms. The Morgan fingerprint density at radius 3 is 2.61 bits per heavy atom. The zero-order valence-corrected chi connectivity index (χ0v) is 9.82. The summed E-state index contributed by atoms with van der Waals surface area (Å²) < 4.78 is 23.8. The Bertz CT molecular complexity index is 701. The van der Waals surface area contributed by atoms with Crippen LogP contribution in [0.15, 0.2) is 45.2 Å². The fraction of sp³-hybridized carbons (Fsp3) is 0.0769. The number of halogens is 2. The molecule has 1 unspecified atom stereocenters. The Kier molecular flexibility index (Phi) is 2.61. The minimum absolute atomic E-state index is 0.115. The molecule has 2 heterocycles. The van der Waals surface area contributed by atoms with E-state index < -0.39 is 11.9 Å². The third-order valence-corrected chi connectivity index (χ3v) is 2.85. The van der Waals surface area contributed by atoms with Crippen LogP contribution in [0.3, 0.4) is 0 Å². The third-order valence-electron chi connectivity index (χ3n) is 2.65. The van der Waals surface area contributed by atoms with Gasteiger partial charge in [0, 0.05) is 5.39 Å². The molecule has 2 aromatic heterocycles. The van der Waals surface area contributed by atoms with Crippen LogP contribution in [0.5, 0.6) is 0 Å². The molecule has 0 amide bonds. The van der Waals surface area contributed by atoms with Gasteiger partial charge in [-0.25, -0.2) is 4.39 Å². The molecule has 3 nitrogen and oxygen atoms in total. The first-order valence-electron chi connectivity index (χ1n) is 5.26. The molecule has 0 saturated carbocycles. The van der Waals surface area contributed by atoms with E-state index in [1.165, 1.54) is 18.2 Å². The van der Waals surface area contributed by atoms with Crippen LogP contribution in [-0.4, -0.2) is 5.11 Å². The first-order valence-corrected chi connectivity index (χ1v) is 5.64. The van der Waals surface area contributed by atoms with Crippen molar-refractivity contribution in [3.63, 3.8) is 0 Å². The Morgan fingerprint density at radius 1 is 1.11 bits per heavy atom. The summed E-state index contributed by atoms with van der Waals surface area (Å²) in [7, 11) is 0. The van der Waals surface area contributed by atoms with Gasteiger partial charge in [-0.1, -0.05) is 12.1 Å². The van der Waals surface area contributed by atoms with Gasteiger partial charge >= 0.3 is 0 Å². The standard InChI is InChI=1S/C13H8ClFO3/c14-11-5-4-9(17-11)12(16)10-6-7-2-1-3-8(15)13(7)18-10/h1-6,12,16H. The van der Waals surface area contributed by atoms with Gasteiger partial charge < -0.3 is 13.9 Å². The second-order valence-electron chi connectivity index (χ2n) is 3.85. The largest absolute Gasteiger partial charge is 0.455 e. The van der Waals surface area contributed by atoms with Crippen LogP contribution in [0.1, 0.15) is 17.6 Å². The lowest BCUT2D eigenvalue weighted by atomic mass is 10.2. The predicted octanol–water partition coefficient (Wildman–Crippen LogP) is 3.90. The molecule has 0 saturated heterocycles. The van der Waals surface area contributed by atoms with Gasteiger partial charge in [-0.2, -0.15) is 0 Å². The van der Waals surface area contributed by atoms with Crippen molar-refractivity contribution < 1.29 is 18.3 Å². The number of hydrogen-bond donors (Lipinski definition) is 1. The number of furan rings is 2. The molecule has 5 heteroatoms. The SMILES string of the molecule is OC(c1ccc(Cl)o1)c1cc2cccc(F)c2o1. The van der Waals surface area contributed by atoms with Gasteiger partial charge in [-0.15, -0.1) is 0 Å². The van der Waals surface area contributed by atoms with Gasteiger partial charge in [0.1, 0.15) is 11.5 Å². The maximum absolute atomic E-state index is 13.4. The molecular formula is C13H8ClFO3. The molecule has 1 N–H and O–H groups in total. The quantitative estimate of drug-likeness (QED) is 0.765. The van der Waals surface area contributed by atoms with Crippen molar-refractivity contribution in [2.75, 3.05) is 0 Å². The van der Waals surface area contributed by atoms with E-state index in [1.807, 2.05) is 0 Å². The molecule has 18 heavy (non-hydrogen) atoms. The van der Waals surface area contributed by atoms with Crippen molar-refractivity contribution in [2.24, 2.45) is 0 Å². The van der Waals surface area contributed by atoms with Crippen molar-refractivity contribution >= 4 is 22.6 Å². The number of aliphatic hydroxyl groups excluding tert-OH is 1. The van der Waals surface area contributed by atoms with Gasteiger partial charge in [0.25, 0.3) is 0 Å². The van der Waals surface area contributed by atoms with Gasteiger partial charge in [0.05, 0.1) is 0 Å². The normalized spacial score (nSPS) is 13.1. The minimum Gasteiger partial charge on any atom is -0.455 e. The van der Waals surface area contributed by atoms with E-state index in [-0.39, 0.29) is 22.3 Å². The van der Waals surface area contributed by atoms with Crippen LogP contribution in [0, 0.1) is 5.82 Å². The number of fused-ring (bicyclic) bond motifs is 1. The van der Waals surface area contributed by atoms with Crippen LogP contribution in [0.25, 0.3) is 11.0 Å². The number of aliphatic hydroxyl groups is 1. The molecular weight excluding hydrogens is 259 g/mol. The number of benzene rings is 1. The predicted molar refractivity (Wildman–Crippen MR) is 64.0 cm³/mol. The molecule has 0 aliphatic heterocycles. The topological polar surface area (TPSA) is 46.5 Å². The van der Waals surface area contributed by atoms with E-state index in [2.05, 4.69) is 0 Å². The van der Waals surface area contributed by atoms with Crippen molar-refractivity contribution in [3.8, 4) is 0 Å². The average Bonchev–Trinajstić information content (AvgIpc) is 2.95. The molecule has 0 spiro atoms. The molecule has 3 aromatic rings. The maximum atomic E-state index is 13.4. The third kappa shape index (κ3) is 1.79. The lowest BCUT2D eigenvalue weighted by molar-refractivity contribution is 0.164. The summed E-state index contributed by atoms with van der Waals surface area (Å²) in [5.41, 5.74) is 0.115. The van der Waals surface area contributed by atoms with E-state index in [0.717, 1.165) is 0 Å². The van der Waals surface area contributed by atoms with Crippen LogP contribution >= 0.6 is 11.6 Å². The summed E-state index contributed by atoms with van der Waals surface area (Å²) in [5, 5.41) is 10.8. The maximum Gasteiger partial charge on any atom is 0.193 e. The van der Waals surface area contributed by atoms with Crippen LogP contribution in [-0.2, 0) is 0 Å². The van der Waals surface area contributed by atoms with Crippen LogP contribution in [0.2, 0.25) is 5.22 Å². The van der Waals surface area contributed by atoms with Crippen molar-refractivity contribution in [3.05, 3.63) is 59.0 Å². The van der Waals surface area contributed by atoms with E-state index in [0.29, 0.717) is 5.39 Å². The Labute approximate surface area is 106 Å². The van der Waals surface area contributed by atoms with Gasteiger partial charge in [-0.3, -0.25) is 0 Å². The van der Waals surface area contributed by atoms with Crippen molar-refractivity contribution in [2.45, 2.75) is 6.10 Å². The van der Waals surface area contributed by atoms with Gasteiger partial charge in [-0.05, 0) is 35.9 Å². The lowest BCUT2D eigenvalue weighted by Crippen LogP contribution is -1.95. The highest BCUT2D eigenvalue weighted by Gasteiger charge is 2.20. The molecule has 1 aromatic carbocycles. The highest BCUT2D eigenvalue weighted by atomic mass is 35.5. The molecule has 0 aliphatic carbocycles. The fourth-order valence-electron chi connectivity index (χ4n) is 1.80. The molecule has 92 valence electrons. The molecule has 0 radical (unpaired) electrons.